The van der Waals surface area contributed by atoms with Crippen LogP contribution >= 0.6 is 0 Å². The second kappa shape index (κ2) is 9.04. The molecule has 1 aromatic carbocycles. The van der Waals surface area contributed by atoms with Crippen molar-refractivity contribution in [3.8, 4) is 17.5 Å². The third-order valence-corrected chi connectivity index (χ3v) is 6.00. The van der Waals surface area contributed by atoms with Gasteiger partial charge < -0.3 is 14.2 Å². The second-order valence-corrected chi connectivity index (χ2v) is 8.32. The van der Waals surface area contributed by atoms with E-state index in [4.69, 9.17) is 9.47 Å². The number of halogens is 3. The van der Waals surface area contributed by atoms with Gasteiger partial charge in [-0.05, 0) is 49.9 Å². The lowest BCUT2D eigenvalue weighted by Crippen LogP contribution is -2.39. The molecule has 1 fully saturated rings. The predicted molar refractivity (Wildman–Crippen MR) is 98.7 cm³/mol. The Morgan fingerprint density at radius 2 is 1.60 bits per heavy atom. The molecule has 1 heterocycles. The summed E-state index contributed by atoms with van der Waals surface area (Å²) in [6, 6.07) is 3.74. The van der Waals surface area contributed by atoms with E-state index in [0.717, 1.165) is 24.3 Å². The minimum Gasteiger partial charge on any atom is -0.477 e. The predicted octanol–water partition coefficient (Wildman–Crippen LogP) is 3.05. The Kier molecular flexibility index (Phi) is 6.66. The molecule has 0 unspecified atom stereocenters. The van der Waals surface area contributed by atoms with Gasteiger partial charge in [0.05, 0.1) is 12.0 Å². The number of nitrogens with one attached hydrogen (secondary N) is 1. The van der Waals surface area contributed by atoms with Crippen molar-refractivity contribution < 1.29 is 35.8 Å². The highest BCUT2D eigenvalue weighted by Gasteiger charge is 2.31. The molecule has 1 aromatic heterocycles. The maximum atomic E-state index is 12.5. The van der Waals surface area contributed by atoms with Crippen LogP contribution in [0.1, 0.15) is 25.7 Å². The standard InChI is InChI=1S/C18H20F3N3O5S/c1-27-16-17(23-11-10-22-16)28-13-4-2-12(3-5-13)24-30(25,26)15-8-6-14(7-9-15)29-18(19,20)21/h6-13,24H,2-5H2,1H3. The Balaban J connectivity index is 1.55. The molecule has 1 saturated carbocycles. The summed E-state index contributed by atoms with van der Waals surface area (Å²) in [5.74, 6) is 0.0713. The first kappa shape index (κ1) is 22.1. The summed E-state index contributed by atoms with van der Waals surface area (Å²) in [5, 5.41) is 0. The SMILES string of the molecule is COc1nccnc1OC1CCC(NS(=O)(=O)c2ccc(OC(F)(F)F)cc2)CC1. The first-order chi connectivity index (χ1) is 14.2. The highest BCUT2D eigenvalue weighted by atomic mass is 32.2. The fourth-order valence-electron chi connectivity index (χ4n) is 3.10. The minimum absolute atomic E-state index is 0.139. The molecular weight excluding hydrogens is 427 g/mol. The highest BCUT2D eigenvalue weighted by Crippen LogP contribution is 2.28. The summed E-state index contributed by atoms with van der Waals surface area (Å²) in [6.45, 7) is 0. The van der Waals surface area contributed by atoms with E-state index < -0.39 is 22.1 Å². The third-order valence-electron chi connectivity index (χ3n) is 4.47. The van der Waals surface area contributed by atoms with Gasteiger partial charge in [0.2, 0.25) is 10.0 Å². The smallest absolute Gasteiger partial charge is 0.477 e. The Morgan fingerprint density at radius 1 is 1.00 bits per heavy atom. The normalized spacial score (nSPS) is 19.9. The molecule has 0 spiro atoms. The Bertz CT molecular complexity index is 946. The molecule has 1 N–H and O–H groups in total. The average molecular weight is 447 g/mol. The van der Waals surface area contributed by atoms with Gasteiger partial charge in [-0.2, -0.15) is 0 Å². The third kappa shape index (κ3) is 5.95. The van der Waals surface area contributed by atoms with Crippen LogP contribution in [0.2, 0.25) is 0 Å². The van der Waals surface area contributed by atoms with Gasteiger partial charge in [-0.1, -0.05) is 0 Å². The number of hydrogen-bond acceptors (Lipinski definition) is 7. The van der Waals surface area contributed by atoms with Gasteiger partial charge in [0, 0.05) is 18.4 Å². The van der Waals surface area contributed by atoms with Gasteiger partial charge in [-0.25, -0.2) is 23.1 Å². The van der Waals surface area contributed by atoms with E-state index in [1.165, 1.54) is 19.5 Å². The van der Waals surface area contributed by atoms with Crippen LogP contribution in [0.15, 0.2) is 41.6 Å². The molecule has 164 valence electrons. The number of sulfonamides is 1. The van der Waals surface area contributed by atoms with Crippen molar-refractivity contribution in [1.82, 2.24) is 14.7 Å². The van der Waals surface area contributed by atoms with Gasteiger partial charge >= 0.3 is 6.36 Å². The van der Waals surface area contributed by atoms with Crippen molar-refractivity contribution in [3.05, 3.63) is 36.7 Å². The number of rotatable bonds is 7. The number of benzene rings is 1. The average Bonchev–Trinajstić information content (AvgIpc) is 2.69. The second-order valence-electron chi connectivity index (χ2n) is 6.60. The van der Waals surface area contributed by atoms with E-state index in [-0.39, 0.29) is 28.8 Å². The largest absolute Gasteiger partial charge is 0.573 e. The molecule has 1 aliphatic rings. The number of aromatic nitrogens is 2. The highest BCUT2D eigenvalue weighted by molar-refractivity contribution is 7.89. The fourth-order valence-corrected chi connectivity index (χ4v) is 4.40. The molecule has 12 heteroatoms. The summed E-state index contributed by atoms with van der Waals surface area (Å²) >= 11 is 0. The summed E-state index contributed by atoms with van der Waals surface area (Å²) in [6.07, 6.45) is 0.214. The molecular formula is C18H20F3N3O5S. The molecule has 0 aliphatic heterocycles. The first-order valence-electron chi connectivity index (χ1n) is 9.06. The molecule has 1 aliphatic carbocycles. The van der Waals surface area contributed by atoms with Crippen LogP contribution in [-0.4, -0.2) is 44.0 Å². The van der Waals surface area contributed by atoms with Crippen molar-refractivity contribution in [2.75, 3.05) is 7.11 Å². The summed E-state index contributed by atoms with van der Waals surface area (Å²) in [5.41, 5.74) is 0. The van der Waals surface area contributed by atoms with Gasteiger partial charge in [0.25, 0.3) is 11.8 Å². The monoisotopic (exact) mass is 447 g/mol. The number of hydrogen-bond donors (Lipinski definition) is 1. The van der Waals surface area contributed by atoms with E-state index in [0.29, 0.717) is 25.7 Å². The van der Waals surface area contributed by atoms with Crippen LogP contribution in [0.25, 0.3) is 0 Å². The summed E-state index contributed by atoms with van der Waals surface area (Å²) < 4.78 is 78.9. The molecule has 0 atom stereocenters. The number of ether oxygens (including phenoxy) is 3. The molecule has 0 saturated heterocycles. The quantitative estimate of drug-likeness (QED) is 0.696. The van der Waals surface area contributed by atoms with Crippen molar-refractivity contribution in [2.24, 2.45) is 0 Å². The molecule has 2 aromatic rings. The lowest BCUT2D eigenvalue weighted by molar-refractivity contribution is -0.274. The first-order valence-corrected chi connectivity index (χ1v) is 10.5. The zero-order valence-corrected chi connectivity index (χ0v) is 16.7. The van der Waals surface area contributed by atoms with Gasteiger partial charge in [0.1, 0.15) is 11.9 Å². The van der Waals surface area contributed by atoms with Crippen LogP contribution in [0, 0.1) is 0 Å². The molecule has 3 rings (SSSR count). The molecule has 0 amide bonds. The van der Waals surface area contributed by atoms with Crippen LogP contribution < -0.4 is 18.9 Å². The Labute approximate surface area is 171 Å². The van der Waals surface area contributed by atoms with Crippen molar-refractivity contribution in [1.29, 1.82) is 0 Å². The van der Waals surface area contributed by atoms with Crippen LogP contribution in [0.5, 0.6) is 17.5 Å². The maximum Gasteiger partial charge on any atom is 0.573 e. The van der Waals surface area contributed by atoms with E-state index in [1.54, 1.807) is 0 Å². The molecule has 0 radical (unpaired) electrons. The Morgan fingerprint density at radius 3 is 2.17 bits per heavy atom. The Hall–Kier alpha value is -2.60. The van der Waals surface area contributed by atoms with Crippen molar-refractivity contribution >= 4 is 10.0 Å². The molecule has 0 bridgehead atoms. The van der Waals surface area contributed by atoms with Crippen LogP contribution in [-0.2, 0) is 10.0 Å². The zero-order chi connectivity index (χ0) is 21.8. The van der Waals surface area contributed by atoms with E-state index in [2.05, 4.69) is 19.4 Å². The molecule has 30 heavy (non-hydrogen) atoms. The van der Waals surface area contributed by atoms with Crippen LogP contribution in [0.4, 0.5) is 13.2 Å². The number of methoxy groups -OCH3 is 1. The van der Waals surface area contributed by atoms with Crippen LogP contribution in [0.3, 0.4) is 0 Å². The van der Waals surface area contributed by atoms with Gasteiger partial charge in [-0.15, -0.1) is 13.2 Å². The number of alkyl halides is 3. The van der Waals surface area contributed by atoms with Gasteiger partial charge in [-0.3, -0.25) is 0 Å². The lowest BCUT2D eigenvalue weighted by atomic mass is 9.94. The van der Waals surface area contributed by atoms with E-state index >= 15 is 0 Å². The number of nitrogens with zero attached hydrogens (tertiary/aromatic N) is 2. The topological polar surface area (TPSA) is 99.6 Å². The van der Waals surface area contributed by atoms with Crippen molar-refractivity contribution in [3.63, 3.8) is 0 Å². The van der Waals surface area contributed by atoms with Crippen molar-refractivity contribution in [2.45, 2.75) is 49.1 Å². The van der Waals surface area contributed by atoms with E-state index in [9.17, 15) is 21.6 Å². The summed E-state index contributed by atoms with van der Waals surface area (Å²) in [7, 11) is -2.41. The lowest BCUT2D eigenvalue weighted by Gasteiger charge is -2.29. The van der Waals surface area contributed by atoms with E-state index in [1.807, 2.05) is 0 Å². The fraction of sp³-hybridized carbons (Fsp3) is 0.444. The maximum absolute atomic E-state index is 12.5. The molecule has 8 nitrogen and oxygen atoms in total. The summed E-state index contributed by atoms with van der Waals surface area (Å²) in [4.78, 5) is 7.96. The minimum atomic E-state index is -4.84. The zero-order valence-electron chi connectivity index (χ0n) is 15.9. The van der Waals surface area contributed by atoms with Gasteiger partial charge in [0.15, 0.2) is 0 Å².